The maximum absolute atomic E-state index is 11.9. The van der Waals surface area contributed by atoms with E-state index in [1.165, 1.54) is 0 Å². The second-order valence-corrected chi connectivity index (χ2v) is 7.00. The number of carbonyl (C=O) groups excluding carboxylic acids is 1. The van der Waals surface area contributed by atoms with Crippen LogP contribution in [0.3, 0.4) is 0 Å². The number of piperazine rings is 1. The Morgan fingerprint density at radius 2 is 1.93 bits per heavy atom. The topological polar surface area (TPSA) is 53.4 Å². The van der Waals surface area contributed by atoms with Crippen LogP contribution in [0.15, 0.2) is 36.7 Å². The number of halogens is 3. The van der Waals surface area contributed by atoms with Gasteiger partial charge in [0, 0.05) is 55.3 Å². The van der Waals surface area contributed by atoms with Crippen molar-refractivity contribution in [2.24, 2.45) is 0 Å². The van der Waals surface area contributed by atoms with E-state index in [9.17, 15) is 4.79 Å². The molecule has 0 aliphatic carbocycles. The zero-order valence-corrected chi connectivity index (χ0v) is 17.9. The van der Waals surface area contributed by atoms with E-state index in [4.69, 9.17) is 11.6 Å². The van der Waals surface area contributed by atoms with Gasteiger partial charge in [0.1, 0.15) is 0 Å². The summed E-state index contributed by atoms with van der Waals surface area (Å²) in [6.45, 7) is 7.77. The van der Waals surface area contributed by atoms with Crippen LogP contribution in [-0.2, 0) is 4.79 Å². The number of anilines is 1. The molecule has 9 heteroatoms. The number of rotatable bonds is 5. The number of nitrogens with zero attached hydrogens (tertiary/aromatic N) is 4. The molecule has 1 N–H and O–H groups in total. The van der Waals surface area contributed by atoms with Crippen LogP contribution in [0.25, 0.3) is 5.69 Å². The van der Waals surface area contributed by atoms with Crippen molar-refractivity contribution < 1.29 is 4.79 Å². The highest BCUT2D eigenvalue weighted by atomic mass is 35.5. The molecule has 1 aliphatic rings. The molecular weight excluding hydrogens is 409 g/mol. The Kier molecular flexibility index (Phi) is 9.39. The minimum absolute atomic E-state index is 0. The van der Waals surface area contributed by atoms with Crippen LogP contribution in [0.2, 0.25) is 5.02 Å². The fourth-order valence-electron chi connectivity index (χ4n) is 3.03. The molecule has 0 saturated carbocycles. The predicted octanol–water partition coefficient (Wildman–Crippen LogP) is 3.02. The summed E-state index contributed by atoms with van der Waals surface area (Å²) in [6, 6.07) is 7.93. The molecule has 0 atom stereocenters. The van der Waals surface area contributed by atoms with Crippen LogP contribution in [0.4, 0.5) is 5.95 Å². The third-order valence-electron chi connectivity index (χ3n) is 4.18. The lowest BCUT2D eigenvalue weighted by Crippen LogP contribution is -2.50. The van der Waals surface area contributed by atoms with Gasteiger partial charge >= 0.3 is 0 Å². The Morgan fingerprint density at radius 3 is 2.56 bits per heavy atom. The number of hydrogen-bond donors (Lipinski definition) is 1. The first kappa shape index (κ1) is 23.6. The van der Waals surface area contributed by atoms with Gasteiger partial charge in [0.15, 0.2) is 0 Å². The SMILES string of the molecule is CC(C)NC(=O)CN1CCN(c2nccn2-c2cccc(Cl)c2)CC1.Cl.Cl. The summed E-state index contributed by atoms with van der Waals surface area (Å²) in [5.74, 6) is 0.998. The number of imidazole rings is 1. The highest BCUT2D eigenvalue weighted by Crippen LogP contribution is 2.21. The van der Waals surface area contributed by atoms with Crippen LogP contribution < -0.4 is 10.2 Å². The maximum atomic E-state index is 11.9. The third-order valence-corrected chi connectivity index (χ3v) is 4.41. The van der Waals surface area contributed by atoms with Crippen molar-refractivity contribution in [2.75, 3.05) is 37.6 Å². The zero-order chi connectivity index (χ0) is 17.8. The molecule has 2 aromatic rings. The largest absolute Gasteiger partial charge is 0.353 e. The first-order chi connectivity index (χ1) is 12.0. The monoisotopic (exact) mass is 433 g/mol. The normalized spacial score (nSPS) is 14.4. The second kappa shape index (κ2) is 10.8. The molecule has 1 aromatic carbocycles. The van der Waals surface area contributed by atoms with Gasteiger partial charge in [-0.3, -0.25) is 14.3 Å². The minimum Gasteiger partial charge on any atom is -0.353 e. The zero-order valence-electron chi connectivity index (χ0n) is 15.5. The Hall–Kier alpha value is -1.47. The molecule has 1 aromatic heterocycles. The number of benzene rings is 1. The summed E-state index contributed by atoms with van der Waals surface area (Å²) < 4.78 is 2.05. The number of amides is 1. The molecule has 0 unspecified atom stereocenters. The van der Waals surface area contributed by atoms with Crippen LogP contribution in [0, 0.1) is 0 Å². The lowest BCUT2D eigenvalue weighted by atomic mass is 10.3. The lowest BCUT2D eigenvalue weighted by molar-refractivity contribution is -0.122. The van der Waals surface area contributed by atoms with Crippen molar-refractivity contribution in [1.82, 2.24) is 19.8 Å². The van der Waals surface area contributed by atoms with Crippen LogP contribution in [0.5, 0.6) is 0 Å². The second-order valence-electron chi connectivity index (χ2n) is 6.56. The first-order valence-corrected chi connectivity index (χ1v) is 8.96. The molecule has 27 heavy (non-hydrogen) atoms. The molecule has 0 radical (unpaired) electrons. The van der Waals surface area contributed by atoms with E-state index in [0.717, 1.165) is 37.8 Å². The Morgan fingerprint density at radius 1 is 1.22 bits per heavy atom. The number of carbonyl (C=O) groups is 1. The summed E-state index contributed by atoms with van der Waals surface area (Å²) in [7, 11) is 0. The van der Waals surface area contributed by atoms with Gasteiger partial charge in [0.2, 0.25) is 11.9 Å². The molecule has 1 aliphatic heterocycles. The number of aromatic nitrogens is 2. The highest BCUT2D eigenvalue weighted by Gasteiger charge is 2.22. The van der Waals surface area contributed by atoms with Gasteiger partial charge in [-0.25, -0.2) is 4.98 Å². The summed E-state index contributed by atoms with van der Waals surface area (Å²) in [4.78, 5) is 20.9. The lowest BCUT2D eigenvalue weighted by Gasteiger charge is -2.35. The van der Waals surface area contributed by atoms with E-state index in [-0.39, 0.29) is 36.8 Å². The van der Waals surface area contributed by atoms with Gasteiger partial charge in [-0.15, -0.1) is 24.8 Å². The van der Waals surface area contributed by atoms with Gasteiger partial charge in [0.05, 0.1) is 6.54 Å². The Bertz CT molecular complexity index is 729. The molecule has 1 fully saturated rings. The average Bonchev–Trinajstić information content (AvgIpc) is 3.04. The summed E-state index contributed by atoms with van der Waals surface area (Å²) in [6.07, 6.45) is 3.75. The molecule has 1 amide bonds. The predicted molar refractivity (Wildman–Crippen MR) is 115 cm³/mol. The summed E-state index contributed by atoms with van der Waals surface area (Å²) in [5, 5.41) is 3.65. The van der Waals surface area contributed by atoms with Gasteiger partial charge in [-0.1, -0.05) is 17.7 Å². The Labute approximate surface area is 177 Å². The van der Waals surface area contributed by atoms with Crippen LogP contribution in [-0.4, -0.2) is 59.1 Å². The van der Waals surface area contributed by atoms with Gasteiger partial charge in [-0.2, -0.15) is 0 Å². The molecule has 6 nitrogen and oxygen atoms in total. The van der Waals surface area contributed by atoms with Crippen LogP contribution >= 0.6 is 36.4 Å². The third kappa shape index (κ3) is 6.28. The fraction of sp³-hybridized carbons (Fsp3) is 0.444. The van der Waals surface area contributed by atoms with E-state index in [0.29, 0.717) is 11.6 Å². The van der Waals surface area contributed by atoms with E-state index in [1.807, 2.05) is 48.9 Å². The van der Waals surface area contributed by atoms with E-state index in [1.54, 1.807) is 6.20 Å². The maximum Gasteiger partial charge on any atom is 0.234 e. The van der Waals surface area contributed by atoms with Crippen LogP contribution in [0.1, 0.15) is 13.8 Å². The molecular formula is C18H26Cl3N5O. The first-order valence-electron chi connectivity index (χ1n) is 8.59. The molecule has 0 spiro atoms. The average molecular weight is 435 g/mol. The fourth-order valence-corrected chi connectivity index (χ4v) is 3.22. The summed E-state index contributed by atoms with van der Waals surface area (Å²) >= 11 is 6.11. The molecule has 1 saturated heterocycles. The number of hydrogen-bond acceptors (Lipinski definition) is 4. The smallest absolute Gasteiger partial charge is 0.234 e. The minimum atomic E-state index is 0. The molecule has 2 heterocycles. The van der Waals surface area contributed by atoms with E-state index >= 15 is 0 Å². The van der Waals surface area contributed by atoms with Crippen molar-refractivity contribution in [1.29, 1.82) is 0 Å². The molecule has 3 rings (SSSR count). The van der Waals surface area contributed by atoms with Gasteiger partial charge in [-0.05, 0) is 32.0 Å². The molecule has 0 bridgehead atoms. The molecule has 150 valence electrons. The summed E-state index contributed by atoms with van der Waals surface area (Å²) in [5.41, 5.74) is 0.999. The standard InChI is InChI=1S/C18H24ClN5O.2ClH/c1-14(2)21-17(25)13-22-8-10-23(11-9-22)18-20-6-7-24(18)16-5-3-4-15(19)12-16;;/h3-7,12,14H,8-11,13H2,1-2H3,(H,21,25);2*1H. The van der Waals surface area contributed by atoms with Crippen molar-refractivity contribution in [2.45, 2.75) is 19.9 Å². The van der Waals surface area contributed by atoms with E-state index in [2.05, 4.69) is 20.1 Å². The van der Waals surface area contributed by atoms with Crippen molar-refractivity contribution in [3.8, 4) is 5.69 Å². The van der Waals surface area contributed by atoms with Gasteiger partial charge < -0.3 is 10.2 Å². The van der Waals surface area contributed by atoms with Gasteiger partial charge in [0.25, 0.3) is 0 Å². The van der Waals surface area contributed by atoms with Crippen molar-refractivity contribution >= 4 is 48.3 Å². The Balaban J connectivity index is 0.00000182. The quantitative estimate of drug-likeness (QED) is 0.786. The number of nitrogens with one attached hydrogen (secondary N) is 1. The van der Waals surface area contributed by atoms with E-state index < -0.39 is 0 Å². The highest BCUT2D eigenvalue weighted by molar-refractivity contribution is 6.30. The van der Waals surface area contributed by atoms with Crippen molar-refractivity contribution in [3.05, 3.63) is 41.7 Å². The van der Waals surface area contributed by atoms with Crippen molar-refractivity contribution in [3.63, 3.8) is 0 Å².